The molecule has 0 N–H and O–H groups in total. The van der Waals surface area contributed by atoms with E-state index in [0.717, 1.165) is 50.0 Å². The summed E-state index contributed by atoms with van der Waals surface area (Å²) in [6, 6.07) is 16.2. The maximum Gasteiger partial charge on any atom is 0.170 e. The van der Waals surface area contributed by atoms with E-state index in [1.54, 1.807) is 0 Å². The SMILES string of the molecule is CCC[C@]1(C(=O)c2ccc(C)c(Cl)c2)CCN(Cc2ccccc2)C1. The zero-order valence-corrected chi connectivity index (χ0v) is 15.9. The Labute approximate surface area is 155 Å². The van der Waals surface area contributed by atoms with Crippen LogP contribution in [-0.2, 0) is 6.54 Å². The molecule has 25 heavy (non-hydrogen) atoms. The molecule has 0 radical (unpaired) electrons. The van der Waals surface area contributed by atoms with E-state index in [2.05, 4.69) is 36.1 Å². The quantitative estimate of drug-likeness (QED) is 0.635. The number of nitrogens with zero attached hydrogens (tertiary/aromatic N) is 1. The molecule has 1 saturated heterocycles. The Morgan fingerprint density at radius 3 is 2.64 bits per heavy atom. The van der Waals surface area contributed by atoms with Gasteiger partial charge in [0, 0.05) is 29.1 Å². The summed E-state index contributed by atoms with van der Waals surface area (Å²) in [7, 11) is 0. The van der Waals surface area contributed by atoms with Crippen LogP contribution in [0.4, 0.5) is 0 Å². The van der Waals surface area contributed by atoms with Gasteiger partial charge in [-0.2, -0.15) is 0 Å². The molecule has 0 aromatic heterocycles. The summed E-state index contributed by atoms with van der Waals surface area (Å²) in [5, 5.41) is 0.677. The number of aryl methyl sites for hydroxylation is 1. The number of Topliss-reactive ketones (excluding diaryl/α,β-unsaturated/α-hetero) is 1. The minimum absolute atomic E-state index is 0.256. The van der Waals surface area contributed by atoms with Gasteiger partial charge in [-0.05, 0) is 43.5 Å². The van der Waals surface area contributed by atoms with E-state index in [9.17, 15) is 4.79 Å². The van der Waals surface area contributed by atoms with Crippen molar-refractivity contribution in [3.05, 3.63) is 70.2 Å². The van der Waals surface area contributed by atoms with E-state index in [0.29, 0.717) is 5.02 Å². The van der Waals surface area contributed by atoms with Crippen molar-refractivity contribution >= 4 is 17.4 Å². The van der Waals surface area contributed by atoms with Crippen molar-refractivity contribution in [1.82, 2.24) is 4.90 Å². The minimum Gasteiger partial charge on any atom is -0.298 e. The molecule has 132 valence electrons. The summed E-state index contributed by atoms with van der Waals surface area (Å²) in [5.74, 6) is 0.256. The largest absolute Gasteiger partial charge is 0.298 e. The molecule has 3 rings (SSSR count). The van der Waals surface area contributed by atoms with Crippen molar-refractivity contribution in [3.8, 4) is 0 Å². The lowest BCUT2D eigenvalue weighted by atomic mass is 9.76. The Bertz CT molecular complexity index is 743. The Balaban J connectivity index is 1.80. The second kappa shape index (κ2) is 7.72. The summed E-state index contributed by atoms with van der Waals surface area (Å²) in [6.45, 7) is 6.85. The maximum atomic E-state index is 13.3. The third-order valence-electron chi connectivity index (χ3n) is 5.33. The molecule has 1 heterocycles. The highest BCUT2D eigenvalue weighted by molar-refractivity contribution is 6.31. The van der Waals surface area contributed by atoms with Crippen molar-refractivity contribution in [1.29, 1.82) is 0 Å². The van der Waals surface area contributed by atoms with Gasteiger partial charge in [0.25, 0.3) is 0 Å². The van der Waals surface area contributed by atoms with E-state index >= 15 is 0 Å². The van der Waals surface area contributed by atoms with E-state index in [-0.39, 0.29) is 11.2 Å². The molecule has 3 heteroatoms. The first kappa shape index (κ1) is 18.2. The Hall–Kier alpha value is -1.64. The lowest BCUT2D eigenvalue weighted by molar-refractivity contribution is 0.0780. The predicted octanol–water partition coefficient (Wildman–Crippen LogP) is 5.52. The second-order valence-corrected chi connectivity index (χ2v) is 7.68. The molecule has 0 amide bonds. The van der Waals surface area contributed by atoms with Crippen LogP contribution in [0.15, 0.2) is 48.5 Å². The van der Waals surface area contributed by atoms with Gasteiger partial charge in [0.15, 0.2) is 5.78 Å². The van der Waals surface area contributed by atoms with Crippen molar-refractivity contribution in [3.63, 3.8) is 0 Å². The van der Waals surface area contributed by atoms with E-state index in [1.807, 2.05) is 31.2 Å². The van der Waals surface area contributed by atoms with Crippen molar-refractivity contribution in [2.45, 2.75) is 39.7 Å². The van der Waals surface area contributed by atoms with Crippen LogP contribution in [0.3, 0.4) is 0 Å². The molecule has 1 aliphatic rings. The van der Waals surface area contributed by atoms with Crippen LogP contribution in [0, 0.1) is 12.3 Å². The smallest absolute Gasteiger partial charge is 0.170 e. The van der Waals surface area contributed by atoms with Crippen LogP contribution in [0.2, 0.25) is 5.02 Å². The average molecular weight is 356 g/mol. The second-order valence-electron chi connectivity index (χ2n) is 7.27. The molecule has 1 aliphatic heterocycles. The van der Waals surface area contributed by atoms with Crippen LogP contribution >= 0.6 is 11.6 Å². The molecule has 0 aliphatic carbocycles. The molecule has 0 unspecified atom stereocenters. The van der Waals surface area contributed by atoms with Crippen LogP contribution in [0.5, 0.6) is 0 Å². The standard InChI is InChI=1S/C22H26ClNO/c1-3-11-22(21(25)19-10-9-17(2)20(23)14-19)12-13-24(16-22)15-18-7-5-4-6-8-18/h4-10,14H,3,11-13,15-16H2,1-2H3/t22-/m0/s1. The highest BCUT2D eigenvalue weighted by atomic mass is 35.5. The number of ketones is 1. The number of hydrogen-bond acceptors (Lipinski definition) is 2. The Morgan fingerprint density at radius 1 is 1.20 bits per heavy atom. The van der Waals surface area contributed by atoms with Gasteiger partial charge in [-0.25, -0.2) is 0 Å². The molecular formula is C22H26ClNO. The van der Waals surface area contributed by atoms with E-state index < -0.39 is 0 Å². The number of likely N-dealkylation sites (tertiary alicyclic amines) is 1. The number of rotatable bonds is 6. The fourth-order valence-corrected chi connectivity index (χ4v) is 4.14. The van der Waals surface area contributed by atoms with Gasteiger partial charge in [0.05, 0.1) is 0 Å². The Kier molecular flexibility index (Phi) is 5.61. The molecule has 0 bridgehead atoms. The van der Waals surface area contributed by atoms with Gasteiger partial charge in [-0.3, -0.25) is 9.69 Å². The third-order valence-corrected chi connectivity index (χ3v) is 5.73. The normalized spacial score (nSPS) is 20.8. The number of benzene rings is 2. The highest BCUT2D eigenvalue weighted by Gasteiger charge is 2.43. The van der Waals surface area contributed by atoms with E-state index in [4.69, 9.17) is 11.6 Å². The fourth-order valence-electron chi connectivity index (χ4n) is 3.96. The van der Waals surface area contributed by atoms with Gasteiger partial charge in [-0.15, -0.1) is 0 Å². The fraction of sp³-hybridized carbons (Fsp3) is 0.409. The van der Waals surface area contributed by atoms with Crippen molar-refractivity contribution < 1.29 is 4.79 Å². The lowest BCUT2D eigenvalue weighted by Gasteiger charge is -2.28. The van der Waals surface area contributed by atoms with Gasteiger partial charge >= 0.3 is 0 Å². The molecule has 1 atom stereocenters. The summed E-state index contributed by atoms with van der Waals surface area (Å²) < 4.78 is 0. The minimum atomic E-state index is -0.276. The van der Waals surface area contributed by atoms with Gasteiger partial charge < -0.3 is 0 Å². The Morgan fingerprint density at radius 2 is 1.96 bits per heavy atom. The summed E-state index contributed by atoms with van der Waals surface area (Å²) in [6.07, 6.45) is 2.88. The monoisotopic (exact) mass is 355 g/mol. The summed E-state index contributed by atoms with van der Waals surface area (Å²) >= 11 is 6.26. The number of carbonyl (C=O) groups is 1. The first-order valence-corrected chi connectivity index (χ1v) is 9.49. The number of halogens is 1. The summed E-state index contributed by atoms with van der Waals surface area (Å²) in [5.41, 5.74) is 2.80. The first-order valence-electron chi connectivity index (χ1n) is 9.11. The highest BCUT2D eigenvalue weighted by Crippen LogP contribution is 2.39. The third kappa shape index (κ3) is 3.96. The molecular weight excluding hydrogens is 330 g/mol. The zero-order valence-electron chi connectivity index (χ0n) is 15.1. The number of carbonyl (C=O) groups excluding carboxylic acids is 1. The summed E-state index contributed by atoms with van der Waals surface area (Å²) in [4.78, 5) is 15.8. The maximum absolute atomic E-state index is 13.3. The first-order chi connectivity index (χ1) is 12.0. The molecule has 1 fully saturated rings. The molecule has 0 spiro atoms. The topological polar surface area (TPSA) is 20.3 Å². The molecule has 2 nitrogen and oxygen atoms in total. The van der Waals surface area contributed by atoms with E-state index in [1.165, 1.54) is 5.56 Å². The van der Waals surface area contributed by atoms with Crippen LogP contribution in [0.25, 0.3) is 0 Å². The van der Waals surface area contributed by atoms with Crippen molar-refractivity contribution in [2.24, 2.45) is 5.41 Å². The van der Waals surface area contributed by atoms with Gasteiger partial charge in [0.1, 0.15) is 0 Å². The van der Waals surface area contributed by atoms with Crippen LogP contribution in [0.1, 0.15) is 47.7 Å². The number of hydrogen-bond donors (Lipinski definition) is 0. The van der Waals surface area contributed by atoms with Gasteiger partial charge in [-0.1, -0.05) is 67.4 Å². The average Bonchev–Trinajstić information content (AvgIpc) is 3.02. The molecule has 2 aromatic rings. The van der Waals surface area contributed by atoms with Crippen molar-refractivity contribution in [2.75, 3.05) is 13.1 Å². The molecule has 2 aromatic carbocycles. The predicted molar refractivity (Wildman–Crippen MR) is 104 cm³/mol. The van der Waals surface area contributed by atoms with Crippen LogP contribution in [-0.4, -0.2) is 23.8 Å². The molecule has 0 saturated carbocycles. The van der Waals surface area contributed by atoms with Gasteiger partial charge in [0.2, 0.25) is 0 Å². The van der Waals surface area contributed by atoms with Crippen LogP contribution < -0.4 is 0 Å². The lowest BCUT2D eigenvalue weighted by Crippen LogP contribution is -2.34. The zero-order chi connectivity index (χ0) is 17.9.